The van der Waals surface area contributed by atoms with Crippen LogP contribution in [-0.2, 0) is 0 Å². The number of hydrogen-bond donors (Lipinski definition) is 0. The van der Waals surface area contributed by atoms with E-state index in [-0.39, 0.29) is 0 Å². The molecule has 310 valence electrons. The Kier molecular flexibility index (Phi) is 7.40. The molecule has 15 aromatic rings. The quantitative estimate of drug-likeness (QED) is 0.176. The highest BCUT2D eigenvalue weighted by molar-refractivity contribution is 6.25. The van der Waals surface area contributed by atoms with Gasteiger partial charge in [0.2, 0.25) is 0 Å². The number of rotatable bonds is 4. The first-order valence-corrected chi connectivity index (χ1v) is 22.6. The summed E-state index contributed by atoms with van der Waals surface area (Å²) < 4.78 is 15.8. The first-order valence-electron chi connectivity index (χ1n) is 22.6. The van der Waals surface area contributed by atoms with E-state index in [1.54, 1.807) is 0 Å². The topological polar surface area (TPSA) is 69.9 Å². The van der Waals surface area contributed by atoms with Crippen molar-refractivity contribution in [1.82, 2.24) is 19.5 Å². The molecule has 4 heterocycles. The van der Waals surface area contributed by atoms with E-state index < -0.39 is 0 Å². The fourth-order valence-electron chi connectivity index (χ4n) is 10.7. The highest BCUT2D eigenvalue weighted by Gasteiger charge is 2.23. The van der Waals surface area contributed by atoms with Crippen molar-refractivity contribution in [1.29, 1.82) is 0 Å². The van der Waals surface area contributed by atoms with Crippen LogP contribution in [0.1, 0.15) is 0 Å². The molecule has 0 bridgehead atoms. The fraction of sp³-hybridized carbons (Fsp3) is 0. The predicted molar refractivity (Wildman–Crippen MR) is 275 cm³/mol. The molecule has 0 amide bonds. The summed E-state index contributed by atoms with van der Waals surface area (Å²) in [6.45, 7) is 0. The SMILES string of the molecule is c1ccc2cc(-c3nc(-c4ccc5c(c4)oc4cc(-n6c7cc8ccccc8cc7c7ccc8ccccc8c76)c6ccccc6c45)nc(-c4cccc5oc6ccccc6c45)n3)ccc2c1. The van der Waals surface area contributed by atoms with E-state index in [0.717, 1.165) is 93.3 Å². The molecule has 0 N–H and O–H groups in total. The van der Waals surface area contributed by atoms with E-state index in [1.807, 2.05) is 30.3 Å². The van der Waals surface area contributed by atoms with Crippen LogP contribution in [-0.4, -0.2) is 19.5 Å². The molecule has 6 heteroatoms. The smallest absolute Gasteiger partial charge is 0.164 e. The van der Waals surface area contributed by atoms with Crippen LogP contribution >= 0.6 is 0 Å². The summed E-state index contributed by atoms with van der Waals surface area (Å²) in [6, 6.07) is 72.8. The Morgan fingerprint density at radius 3 is 1.73 bits per heavy atom. The zero-order valence-corrected chi connectivity index (χ0v) is 35.7. The number of para-hydroxylation sites is 1. The summed E-state index contributed by atoms with van der Waals surface area (Å²) in [5.41, 5.74) is 9.17. The Hall–Kier alpha value is -9.13. The van der Waals surface area contributed by atoms with Crippen LogP contribution in [0.15, 0.2) is 215 Å². The van der Waals surface area contributed by atoms with Crippen LogP contribution in [0.5, 0.6) is 0 Å². The lowest BCUT2D eigenvalue weighted by molar-refractivity contribution is 0.668. The van der Waals surface area contributed by atoms with Gasteiger partial charge >= 0.3 is 0 Å². The molecule has 15 rings (SSSR count). The number of benzene rings is 11. The second-order valence-electron chi connectivity index (χ2n) is 17.5. The summed E-state index contributed by atoms with van der Waals surface area (Å²) in [7, 11) is 0. The maximum atomic E-state index is 7.02. The van der Waals surface area contributed by atoms with Gasteiger partial charge in [0.15, 0.2) is 17.5 Å². The second kappa shape index (κ2) is 13.7. The first kappa shape index (κ1) is 36.2. The number of hydrogen-bond acceptors (Lipinski definition) is 5. The summed E-state index contributed by atoms with van der Waals surface area (Å²) in [6.07, 6.45) is 0. The van der Waals surface area contributed by atoms with E-state index in [1.165, 1.54) is 37.8 Å². The van der Waals surface area contributed by atoms with Crippen molar-refractivity contribution in [2.75, 3.05) is 0 Å². The average Bonchev–Trinajstić information content (AvgIpc) is 4.06. The van der Waals surface area contributed by atoms with Crippen LogP contribution in [0.25, 0.3) is 149 Å². The summed E-state index contributed by atoms with van der Waals surface area (Å²) >= 11 is 0. The summed E-state index contributed by atoms with van der Waals surface area (Å²) in [5, 5.41) is 15.9. The van der Waals surface area contributed by atoms with E-state index in [9.17, 15) is 0 Å². The molecule has 0 aliphatic heterocycles. The van der Waals surface area contributed by atoms with Crippen LogP contribution in [0.3, 0.4) is 0 Å². The Morgan fingerprint density at radius 2 is 0.896 bits per heavy atom. The number of aromatic nitrogens is 4. The average molecular weight is 855 g/mol. The molecule has 0 saturated heterocycles. The number of fused-ring (bicyclic) bond motifs is 15. The maximum absolute atomic E-state index is 7.02. The molecule has 6 nitrogen and oxygen atoms in total. The maximum Gasteiger partial charge on any atom is 0.164 e. The van der Waals surface area contributed by atoms with Gasteiger partial charge in [-0.1, -0.05) is 158 Å². The van der Waals surface area contributed by atoms with Gasteiger partial charge in [0.1, 0.15) is 22.3 Å². The van der Waals surface area contributed by atoms with Gasteiger partial charge in [0, 0.05) is 65.8 Å². The standard InChI is InChI=1S/C61H34N4O2/c1-2-14-37-30-40(25-24-35(37)12-1)59-62-60(64-61(63-59)48-21-11-23-53-57(48)46-20-9-10-22-52(46)66-53)41-27-29-47-54(33-41)67-55-34-51(43-18-7-8-19-44(43)56(47)55)65-50-32-39-16-4-3-15-38(39)31-49(50)45-28-26-36-13-5-6-17-42(36)58(45)65/h1-34H. The molecule has 0 aliphatic carbocycles. The minimum Gasteiger partial charge on any atom is -0.456 e. The number of nitrogens with zero attached hydrogens (tertiary/aromatic N) is 4. The van der Waals surface area contributed by atoms with Crippen molar-refractivity contribution in [3.05, 3.63) is 206 Å². The summed E-state index contributed by atoms with van der Waals surface area (Å²) in [5.74, 6) is 1.70. The number of furan rings is 2. The van der Waals surface area contributed by atoms with Gasteiger partial charge in [-0.15, -0.1) is 0 Å². The van der Waals surface area contributed by atoms with Gasteiger partial charge in [0.25, 0.3) is 0 Å². The highest BCUT2D eigenvalue weighted by Crippen LogP contribution is 2.44. The molecule has 0 aliphatic rings. The molecule has 0 atom stereocenters. The molecule has 4 aromatic heterocycles. The normalized spacial score (nSPS) is 12.2. The predicted octanol–water partition coefficient (Wildman–Crippen LogP) is 16.4. The van der Waals surface area contributed by atoms with Gasteiger partial charge in [-0.2, -0.15) is 0 Å². The van der Waals surface area contributed by atoms with Crippen molar-refractivity contribution in [3.8, 4) is 39.9 Å². The second-order valence-corrected chi connectivity index (χ2v) is 17.5. The first-order chi connectivity index (χ1) is 33.2. The van der Waals surface area contributed by atoms with E-state index in [0.29, 0.717) is 17.5 Å². The monoisotopic (exact) mass is 854 g/mol. The van der Waals surface area contributed by atoms with Gasteiger partial charge in [-0.05, 0) is 74.8 Å². The molecular weight excluding hydrogens is 821 g/mol. The van der Waals surface area contributed by atoms with Gasteiger partial charge in [0.05, 0.1) is 16.7 Å². The molecule has 0 saturated carbocycles. The van der Waals surface area contributed by atoms with E-state index in [2.05, 4.69) is 180 Å². The minimum atomic E-state index is 0.551. The molecule has 11 aromatic carbocycles. The van der Waals surface area contributed by atoms with Crippen LogP contribution in [0, 0.1) is 0 Å². The zero-order chi connectivity index (χ0) is 43.7. The highest BCUT2D eigenvalue weighted by atomic mass is 16.3. The Balaban J connectivity index is 0.970. The van der Waals surface area contributed by atoms with Gasteiger partial charge < -0.3 is 13.4 Å². The third-order valence-corrected chi connectivity index (χ3v) is 13.8. The lowest BCUT2D eigenvalue weighted by atomic mass is 10.0. The van der Waals surface area contributed by atoms with E-state index in [4.69, 9.17) is 23.8 Å². The lowest BCUT2D eigenvalue weighted by Crippen LogP contribution is -2.00. The lowest BCUT2D eigenvalue weighted by Gasteiger charge is -2.14. The zero-order valence-electron chi connectivity index (χ0n) is 35.7. The van der Waals surface area contributed by atoms with Crippen molar-refractivity contribution in [3.63, 3.8) is 0 Å². The van der Waals surface area contributed by atoms with Crippen molar-refractivity contribution in [2.24, 2.45) is 0 Å². The van der Waals surface area contributed by atoms with Crippen LogP contribution in [0.4, 0.5) is 0 Å². The van der Waals surface area contributed by atoms with Crippen molar-refractivity contribution in [2.45, 2.75) is 0 Å². The largest absolute Gasteiger partial charge is 0.456 e. The Bertz CT molecular complexity index is 4590. The van der Waals surface area contributed by atoms with Crippen LogP contribution < -0.4 is 0 Å². The molecule has 0 radical (unpaired) electrons. The third kappa shape index (κ3) is 5.35. The third-order valence-electron chi connectivity index (χ3n) is 13.8. The minimum absolute atomic E-state index is 0.551. The molecule has 0 fully saturated rings. The van der Waals surface area contributed by atoms with E-state index >= 15 is 0 Å². The van der Waals surface area contributed by atoms with Gasteiger partial charge in [-0.3, -0.25) is 0 Å². The summed E-state index contributed by atoms with van der Waals surface area (Å²) in [4.78, 5) is 15.7. The molecule has 67 heavy (non-hydrogen) atoms. The Morgan fingerprint density at radius 1 is 0.313 bits per heavy atom. The molecule has 0 unspecified atom stereocenters. The molecular formula is C61H34N4O2. The fourth-order valence-corrected chi connectivity index (χ4v) is 10.7. The Labute approximate surface area is 381 Å². The van der Waals surface area contributed by atoms with Crippen LogP contribution in [0.2, 0.25) is 0 Å². The van der Waals surface area contributed by atoms with Crippen molar-refractivity contribution >= 4 is 109 Å². The van der Waals surface area contributed by atoms with Crippen molar-refractivity contribution < 1.29 is 8.83 Å². The van der Waals surface area contributed by atoms with Gasteiger partial charge in [-0.25, -0.2) is 15.0 Å². The molecule has 0 spiro atoms.